The van der Waals surface area contributed by atoms with E-state index >= 15 is 0 Å². The van der Waals surface area contributed by atoms with Crippen LogP contribution in [0.3, 0.4) is 0 Å². The van der Waals surface area contributed by atoms with E-state index < -0.39 is 17.8 Å². The Morgan fingerprint density at radius 3 is 2.12 bits per heavy atom. The molecule has 0 aromatic heterocycles. The zero-order valence-corrected chi connectivity index (χ0v) is 18.0. The molecule has 0 atom stereocenters. The standard InChI is InChI=1S/C25H23N3O4/c1-16-4-9-20(10-5-16)25(31)32-21-11-7-19(8-12-21)15-26-28-24(30)23(29)27-22-13-6-17(2)14-18(22)3/h4-15H,1-3H3,(H,27,29)(H,28,30)/b26-15+. The van der Waals surface area contributed by atoms with Gasteiger partial charge < -0.3 is 10.1 Å². The van der Waals surface area contributed by atoms with Crippen LogP contribution >= 0.6 is 0 Å². The third-order valence-electron chi connectivity index (χ3n) is 4.59. The van der Waals surface area contributed by atoms with Crippen LogP contribution in [0.2, 0.25) is 0 Å². The second kappa shape index (κ2) is 10.2. The number of nitrogens with zero attached hydrogens (tertiary/aromatic N) is 1. The fourth-order valence-electron chi connectivity index (χ4n) is 2.83. The van der Waals surface area contributed by atoms with Gasteiger partial charge in [-0.1, -0.05) is 35.4 Å². The fourth-order valence-corrected chi connectivity index (χ4v) is 2.83. The third-order valence-corrected chi connectivity index (χ3v) is 4.59. The summed E-state index contributed by atoms with van der Waals surface area (Å²) in [4.78, 5) is 36.1. The lowest BCUT2D eigenvalue weighted by Crippen LogP contribution is -2.32. The van der Waals surface area contributed by atoms with Crippen molar-refractivity contribution in [1.29, 1.82) is 0 Å². The van der Waals surface area contributed by atoms with Gasteiger partial charge in [0.2, 0.25) is 0 Å². The molecular weight excluding hydrogens is 406 g/mol. The minimum atomic E-state index is -0.884. The minimum absolute atomic E-state index is 0.379. The summed E-state index contributed by atoms with van der Waals surface area (Å²) >= 11 is 0. The third kappa shape index (κ3) is 6.12. The lowest BCUT2D eigenvalue weighted by Gasteiger charge is -2.08. The van der Waals surface area contributed by atoms with Gasteiger partial charge in [0, 0.05) is 5.69 Å². The molecule has 0 heterocycles. The molecule has 0 aliphatic carbocycles. The van der Waals surface area contributed by atoms with Crippen molar-refractivity contribution in [2.24, 2.45) is 5.10 Å². The molecule has 0 saturated carbocycles. The number of carbonyl (C=O) groups is 3. The number of aryl methyl sites for hydroxylation is 3. The Bertz CT molecular complexity index is 1170. The molecule has 3 aromatic carbocycles. The second-order valence-electron chi connectivity index (χ2n) is 7.30. The van der Waals surface area contributed by atoms with E-state index in [1.165, 1.54) is 6.21 Å². The molecule has 0 aliphatic rings. The smallest absolute Gasteiger partial charge is 0.343 e. The highest BCUT2D eigenvalue weighted by Gasteiger charge is 2.14. The van der Waals surface area contributed by atoms with Crippen molar-refractivity contribution < 1.29 is 19.1 Å². The van der Waals surface area contributed by atoms with Gasteiger partial charge in [0.25, 0.3) is 0 Å². The van der Waals surface area contributed by atoms with E-state index in [0.717, 1.165) is 16.7 Å². The van der Waals surface area contributed by atoms with Gasteiger partial charge in [-0.05, 0) is 74.4 Å². The van der Waals surface area contributed by atoms with Crippen molar-refractivity contribution in [1.82, 2.24) is 5.43 Å². The number of anilines is 1. The maximum atomic E-state index is 12.2. The molecule has 0 aliphatic heterocycles. The van der Waals surface area contributed by atoms with Crippen LogP contribution in [0.4, 0.5) is 5.69 Å². The summed E-state index contributed by atoms with van der Waals surface area (Å²) < 4.78 is 5.34. The number of amides is 2. The number of rotatable bonds is 5. The Hall–Kier alpha value is -4.26. The van der Waals surface area contributed by atoms with Crippen LogP contribution in [-0.2, 0) is 9.59 Å². The Balaban J connectivity index is 1.51. The summed E-state index contributed by atoms with van der Waals surface area (Å²) in [6, 6.07) is 19.2. The van der Waals surface area contributed by atoms with Crippen molar-refractivity contribution in [3.05, 3.63) is 94.5 Å². The fraction of sp³-hybridized carbons (Fsp3) is 0.120. The van der Waals surface area contributed by atoms with Gasteiger partial charge in [0.05, 0.1) is 11.8 Å². The summed E-state index contributed by atoms with van der Waals surface area (Å²) in [6.45, 7) is 5.73. The molecule has 32 heavy (non-hydrogen) atoms. The van der Waals surface area contributed by atoms with E-state index in [9.17, 15) is 14.4 Å². The number of hydrogen-bond acceptors (Lipinski definition) is 5. The number of ether oxygens (including phenoxy) is 1. The molecule has 7 heteroatoms. The number of hydrogen-bond donors (Lipinski definition) is 2. The summed E-state index contributed by atoms with van der Waals surface area (Å²) in [5.74, 6) is -1.77. The van der Waals surface area contributed by atoms with Gasteiger partial charge >= 0.3 is 17.8 Å². The SMILES string of the molecule is Cc1ccc(C(=O)Oc2ccc(/C=N/NC(=O)C(=O)Nc3ccc(C)cc3C)cc2)cc1. The molecule has 0 saturated heterocycles. The molecule has 0 fully saturated rings. The highest BCUT2D eigenvalue weighted by Crippen LogP contribution is 2.16. The van der Waals surface area contributed by atoms with Crippen molar-refractivity contribution in [3.63, 3.8) is 0 Å². The molecule has 0 spiro atoms. The van der Waals surface area contributed by atoms with Gasteiger partial charge in [0.15, 0.2) is 0 Å². The lowest BCUT2D eigenvalue weighted by atomic mass is 10.1. The van der Waals surface area contributed by atoms with Crippen LogP contribution in [-0.4, -0.2) is 24.0 Å². The van der Waals surface area contributed by atoms with Gasteiger partial charge in [-0.2, -0.15) is 5.10 Å². The number of carbonyl (C=O) groups excluding carboxylic acids is 3. The number of esters is 1. The van der Waals surface area contributed by atoms with Crippen LogP contribution in [0.5, 0.6) is 5.75 Å². The van der Waals surface area contributed by atoms with E-state index in [1.54, 1.807) is 42.5 Å². The molecule has 3 rings (SSSR count). The average molecular weight is 429 g/mol. The highest BCUT2D eigenvalue weighted by molar-refractivity contribution is 6.39. The lowest BCUT2D eigenvalue weighted by molar-refractivity contribution is -0.136. The second-order valence-corrected chi connectivity index (χ2v) is 7.30. The zero-order chi connectivity index (χ0) is 23.1. The van der Waals surface area contributed by atoms with Crippen LogP contribution in [0.25, 0.3) is 0 Å². The molecule has 7 nitrogen and oxygen atoms in total. The summed E-state index contributed by atoms with van der Waals surface area (Å²) in [5, 5.41) is 6.35. The molecule has 0 radical (unpaired) electrons. The summed E-state index contributed by atoms with van der Waals surface area (Å²) in [5.41, 5.74) is 6.84. The Kier molecular flexibility index (Phi) is 7.13. The predicted octanol–water partition coefficient (Wildman–Crippen LogP) is 3.92. The quantitative estimate of drug-likeness (QED) is 0.211. The van der Waals surface area contributed by atoms with Gasteiger partial charge in [-0.25, -0.2) is 10.2 Å². The van der Waals surface area contributed by atoms with E-state index in [2.05, 4.69) is 15.8 Å². The summed E-state index contributed by atoms with van der Waals surface area (Å²) in [6.07, 6.45) is 1.38. The molecular formula is C25H23N3O4. The predicted molar refractivity (Wildman–Crippen MR) is 123 cm³/mol. The van der Waals surface area contributed by atoms with Gasteiger partial charge in [-0.15, -0.1) is 0 Å². The maximum absolute atomic E-state index is 12.2. The molecule has 2 N–H and O–H groups in total. The van der Waals surface area contributed by atoms with Crippen molar-refractivity contribution in [3.8, 4) is 5.75 Å². The Morgan fingerprint density at radius 1 is 0.812 bits per heavy atom. The Labute approximate surface area is 186 Å². The van der Waals surface area contributed by atoms with E-state index in [4.69, 9.17) is 4.74 Å². The number of benzene rings is 3. The first-order chi connectivity index (χ1) is 15.3. The Morgan fingerprint density at radius 2 is 1.47 bits per heavy atom. The van der Waals surface area contributed by atoms with E-state index in [0.29, 0.717) is 22.6 Å². The van der Waals surface area contributed by atoms with Crippen LogP contribution in [0.15, 0.2) is 71.8 Å². The normalized spacial score (nSPS) is 10.6. The van der Waals surface area contributed by atoms with E-state index in [-0.39, 0.29) is 0 Å². The number of hydrazone groups is 1. The zero-order valence-electron chi connectivity index (χ0n) is 18.0. The topological polar surface area (TPSA) is 96.9 Å². The first kappa shape index (κ1) is 22.4. The largest absolute Gasteiger partial charge is 0.423 e. The van der Waals surface area contributed by atoms with Crippen LogP contribution in [0, 0.1) is 20.8 Å². The number of nitrogens with one attached hydrogen (secondary N) is 2. The van der Waals surface area contributed by atoms with Gasteiger partial charge in [0.1, 0.15) is 5.75 Å². The molecule has 0 bridgehead atoms. The highest BCUT2D eigenvalue weighted by atomic mass is 16.5. The monoisotopic (exact) mass is 429 g/mol. The van der Waals surface area contributed by atoms with Crippen molar-refractivity contribution in [2.75, 3.05) is 5.32 Å². The van der Waals surface area contributed by atoms with Crippen LogP contribution < -0.4 is 15.5 Å². The van der Waals surface area contributed by atoms with Crippen LogP contribution in [0.1, 0.15) is 32.6 Å². The first-order valence-corrected chi connectivity index (χ1v) is 9.92. The van der Waals surface area contributed by atoms with Crippen molar-refractivity contribution >= 4 is 29.7 Å². The molecule has 2 amide bonds. The molecule has 162 valence electrons. The average Bonchev–Trinajstić information content (AvgIpc) is 2.77. The minimum Gasteiger partial charge on any atom is -0.423 e. The molecule has 0 unspecified atom stereocenters. The van der Waals surface area contributed by atoms with Gasteiger partial charge in [-0.3, -0.25) is 9.59 Å². The van der Waals surface area contributed by atoms with Crippen molar-refractivity contribution in [2.45, 2.75) is 20.8 Å². The maximum Gasteiger partial charge on any atom is 0.343 e. The van der Waals surface area contributed by atoms with E-state index in [1.807, 2.05) is 45.0 Å². The first-order valence-electron chi connectivity index (χ1n) is 9.92. The summed E-state index contributed by atoms with van der Waals surface area (Å²) in [7, 11) is 0. The molecule has 3 aromatic rings.